The number of carbonyl (C=O) groups is 2. The highest BCUT2D eigenvalue weighted by molar-refractivity contribution is 6.01. The van der Waals surface area contributed by atoms with Crippen LogP contribution >= 0.6 is 0 Å². The lowest BCUT2D eigenvalue weighted by Crippen LogP contribution is -2.43. The van der Waals surface area contributed by atoms with Crippen molar-refractivity contribution in [2.45, 2.75) is 51.7 Å². The molecule has 3 aliphatic rings. The molecule has 5 rings (SSSR count). The summed E-state index contributed by atoms with van der Waals surface area (Å²) in [6.45, 7) is 5.58. The van der Waals surface area contributed by atoms with Gasteiger partial charge in [0.15, 0.2) is 5.78 Å². The van der Waals surface area contributed by atoms with Gasteiger partial charge in [-0.2, -0.15) is 0 Å². The molecule has 1 amide bonds. The monoisotopic (exact) mass is 449 g/mol. The molecule has 0 bridgehead atoms. The summed E-state index contributed by atoms with van der Waals surface area (Å²) in [6, 6.07) is 11.1. The highest BCUT2D eigenvalue weighted by Gasteiger charge is 2.42. The quantitative estimate of drug-likeness (QED) is 0.712. The standard InChI is InChI=1S/C26H31N3O4/c1-26(2)13-19-24(21(30)14-26)25(22-10-6-12-33-22)29(20-9-4-3-8-18(20)28-19)16-23(31)27-15-17-7-5-11-32-17/h3-4,6,8-10,12,17,25,28H,5,7,11,13-16H2,1-2H3,(H,27,31)/t17-,25-/m1/s1. The van der Waals surface area contributed by atoms with Gasteiger partial charge in [0.1, 0.15) is 11.8 Å². The number of ether oxygens (including phenoxy) is 1. The zero-order valence-corrected chi connectivity index (χ0v) is 19.2. The molecule has 33 heavy (non-hydrogen) atoms. The van der Waals surface area contributed by atoms with Crippen LogP contribution in [-0.4, -0.2) is 37.5 Å². The minimum Gasteiger partial charge on any atom is -0.467 e. The Morgan fingerprint density at radius 2 is 2.06 bits per heavy atom. The molecule has 1 aromatic heterocycles. The first-order chi connectivity index (χ1) is 15.9. The highest BCUT2D eigenvalue weighted by Crippen LogP contribution is 2.48. The molecule has 2 aliphatic heterocycles. The molecule has 2 aromatic rings. The van der Waals surface area contributed by atoms with Crippen LogP contribution in [0.3, 0.4) is 0 Å². The van der Waals surface area contributed by atoms with Crippen LogP contribution in [-0.2, 0) is 14.3 Å². The van der Waals surface area contributed by atoms with E-state index in [4.69, 9.17) is 9.15 Å². The first-order valence-corrected chi connectivity index (χ1v) is 11.7. The maximum Gasteiger partial charge on any atom is 0.239 e. The number of amides is 1. The van der Waals surface area contributed by atoms with Crippen molar-refractivity contribution in [3.63, 3.8) is 0 Å². The van der Waals surface area contributed by atoms with E-state index in [2.05, 4.69) is 24.5 Å². The molecule has 174 valence electrons. The van der Waals surface area contributed by atoms with Crippen molar-refractivity contribution in [1.29, 1.82) is 0 Å². The third-order valence-electron chi connectivity index (χ3n) is 6.68. The first kappa shape index (κ1) is 21.8. The number of allylic oxidation sites excluding steroid dienone is 1. The summed E-state index contributed by atoms with van der Waals surface area (Å²) in [7, 11) is 0. The van der Waals surface area contributed by atoms with Crippen LogP contribution in [0.15, 0.2) is 58.3 Å². The molecule has 7 heteroatoms. The molecule has 1 aliphatic carbocycles. The van der Waals surface area contributed by atoms with Crippen LogP contribution in [0, 0.1) is 5.41 Å². The van der Waals surface area contributed by atoms with Crippen molar-refractivity contribution < 1.29 is 18.7 Å². The van der Waals surface area contributed by atoms with Gasteiger partial charge in [-0.1, -0.05) is 26.0 Å². The van der Waals surface area contributed by atoms with Crippen molar-refractivity contribution >= 4 is 23.1 Å². The second kappa shape index (κ2) is 8.71. The minimum atomic E-state index is -0.483. The Morgan fingerprint density at radius 3 is 2.82 bits per heavy atom. The normalized spacial score (nSPS) is 24.1. The largest absolute Gasteiger partial charge is 0.467 e. The Kier molecular flexibility index (Phi) is 5.74. The van der Waals surface area contributed by atoms with E-state index < -0.39 is 6.04 Å². The van der Waals surface area contributed by atoms with Crippen molar-refractivity contribution in [1.82, 2.24) is 5.32 Å². The fourth-order valence-electron chi connectivity index (χ4n) is 5.21. The van der Waals surface area contributed by atoms with E-state index in [0.717, 1.165) is 42.9 Å². The lowest BCUT2D eigenvalue weighted by atomic mass is 9.74. The molecule has 0 radical (unpaired) electrons. The van der Waals surface area contributed by atoms with Crippen molar-refractivity contribution in [3.05, 3.63) is 59.7 Å². The van der Waals surface area contributed by atoms with E-state index >= 15 is 0 Å². The van der Waals surface area contributed by atoms with Gasteiger partial charge >= 0.3 is 0 Å². The SMILES string of the molecule is CC1(C)CC(=O)C2=C(C1)Nc1ccccc1N(CC(=O)NC[C@H]1CCCO1)[C@@H]2c1ccco1. The van der Waals surface area contributed by atoms with Crippen molar-refractivity contribution in [3.8, 4) is 0 Å². The molecule has 1 aromatic carbocycles. The number of Topliss-reactive ketones (excluding diaryl/α,β-unsaturated/α-hetero) is 1. The molecular weight excluding hydrogens is 418 g/mol. The zero-order valence-electron chi connectivity index (χ0n) is 19.2. The van der Waals surface area contributed by atoms with Gasteiger partial charge in [0.05, 0.1) is 30.3 Å². The Balaban J connectivity index is 1.54. The van der Waals surface area contributed by atoms with Crippen LogP contribution in [0.4, 0.5) is 11.4 Å². The Morgan fingerprint density at radius 1 is 1.21 bits per heavy atom. The number of furan rings is 1. The highest BCUT2D eigenvalue weighted by atomic mass is 16.5. The number of rotatable bonds is 5. The first-order valence-electron chi connectivity index (χ1n) is 11.7. The Hall–Kier alpha value is -3.06. The third kappa shape index (κ3) is 4.42. The van der Waals surface area contributed by atoms with Crippen LogP contribution < -0.4 is 15.5 Å². The predicted molar refractivity (Wildman–Crippen MR) is 126 cm³/mol. The molecule has 1 saturated heterocycles. The number of nitrogens with one attached hydrogen (secondary N) is 2. The Bertz CT molecular complexity index is 1070. The summed E-state index contributed by atoms with van der Waals surface area (Å²) in [6.07, 6.45) is 4.89. The van der Waals surface area contributed by atoms with Crippen LogP contribution in [0.1, 0.15) is 51.3 Å². The molecule has 0 spiro atoms. The summed E-state index contributed by atoms with van der Waals surface area (Å²) in [4.78, 5) is 28.6. The van der Waals surface area contributed by atoms with Gasteiger partial charge in [0, 0.05) is 30.8 Å². The number of ketones is 1. The summed E-state index contributed by atoms with van der Waals surface area (Å²) >= 11 is 0. The van der Waals surface area contributed by atoms with Gasteiger partial charge in [0.25, 0.3) is 0 Å². The average Bonchev–Trinajstić information content (AvgIpc) is 3.46. The summed E-state index contributed by atoms with van der Waals surface area (Å²) in [5.74, 6) is 0.637. The number of hydrogen-bond donors (Lipinski definition) is 2. The molecular formula is C26H31N3O4. The predicted octanol–water partition coefficient (Wildman–Crippen LogP) is 4.19. The van der Waals surface area contributed by atoms with Crippen molar-refractivity contribution in [2.24, 2.45) is 5.41 Å². The fraction of sp³-hybridized carbons (Fsp3) is 0.462. The lowest BCUT2D eigenvalue weighted by molar-refractivity contribution is -0.121. The van der Waals surface area contributed by atoms with E-state index in [1.54, 1.807) is 6.26 Å². The number of hydrogen-bond acceptors (Lipinski definition) is 6. The van der Waals surface area contributed by atoms with Gasteiger partial charge in [-0.05, 0) is 48.9 Å². The fourth-order valence-corrected chi connectivity index (χ4v) is 5.21. The van der Waals surface area contributed by atoms with Gasteiger partial charge in [-0.3, -0.25) is 9.59 Å². The number of carbonyl (C=O) groups excluding carboxylic acids is 2. The number of para-hydroxylation sites is 2. The molecule has 2 N–H and O–H groups in total. The second-order valence-corrected chi connectivity index (χ2v) is 9.96. The Labute approximate surface area is 194 Å². The van der Waals surface area contributed by atoms with E-state index in [1.807, 2.05) is 41.3 Å². The van der Waals surface area contributed by atoms with Gasteiger partial charge in [0.2, 0.25) is 5.91 Å². The van der Waals surface area contributed by atoms with Crippen molar-refractivity contribution in [2.75, 3.05) is 29.9 Å². The van der Waals surface area contributed by atoms with Gasteiger partial charge in [-0.15, -0.1) is 0 Å². The van der Waals surface area contributed by atoms with Crippen LogP contribution in [0.25, 0.3) is 0 Å². The number of fused-ring (bicyclic) bond motifs is 1. The van der Waals surface area contributed by atoms with Crippen LogP contribution in [0.2, 0.25) is 0 Å². The van der Waals surface area contributed by atoms with E-state index in [1.165, 1.54) is 0 Å². The average molecular weight is 450 g/mol. The topological polar surface area (TPSA) is 83.8 Å². The van der Waals surface area contributed by atoms with Gasteiger partial charge < -0.3 is 24.7 Å². The molecule has 0 saturated carbocycles. The van der Waals surface area contributed by atoms with E-state index in [0.29, 0.717) is 24.3 Å². The van der Waals surface area contributed by atoms with Gasteiger partial charge in [-0.25, -0.2) is 0 Å². The maximum absolute atomic E-state index is 13.5. The molecule has 0 unspecified atom stereocenters. The summed E-state index contributed by atoms with van der Waals surface area (Å²) in [5.41, 5.74) is 3.21. The maximum atomic E-state index is 13.5. The second-order valence-electron chi connectivity index (χ2n) is 9.96. The molecule has 2 atom stereocenters. The third-order valence-corrected chi connectivity index (χ3v) is 6.68. The van der Waals surface area contributed by atoms with Crippen LogP contribution in [0.5, 0.6) is 0 Å². The molecule has 7 nitrogen and oxygen atoms in total. The van der Waals surface area contributed by atoms with E-state index in [-0.39, 0.29) is 29.8 Å². The smallest absolute Gasteiger partial charge is 0.239 e. The molecule has 1 fully saturated rings. The number of benzene rings is 1. The molecule has 3 heterocycles. The summed E-state index contributed by atoms with van der Waals surface area (Å²) in [5, 5.41) is 6.57. The number of anilines is 2. The zero-order chi connectivity index (χ0) is 23.0. The lowest BCUT2D eigenvalue weighted by Gasteiger charge is -2.36. The minimum absolute atomic E-state index is 0.0735. The van der Waals surface area contributed by atoms with E-state index in [9.17, 15) is 9.59 Å². The number of nitrogens with zero attached hydrogens (tertiary/aromatic N) is 1. The summed E-state index contributed by atoms with van der Waals surface area (Å²) < 4.78 is 11.5.